The predicted octanol–water partition coefficient (Wildman–Crippen LogP) is 2.89. The molecule has 138 valence electrons. The van der Waals surface area contributed by atoms with Crippen LogP contribution < -0.4 is 14.8 Å². The van der Waals surface area contributed by atoms with Gasteiger partial charge < -0.3 is 19.9 Å². The van der Waals surface area contributed by atoms with Crippen molar-refractivity contribution >= 4 is 11.9 Å². The van der Waals surface area contributed by atoms with Crippen molar-refractivity contribution in [2.75, 3.05) is 7.11 Å². The molecule has 0 saturated carbocycles. The summed E-state index contributed by atoms with van der Waals surface area (Å²) >= 11 is 0. The highest BCUT2D eigenvalue weighted by atomic mass is 19.1. The third kappa shape index (κ3) is 6.08. The van der Waals surface area contributed by atoms with Gasteiger partial charge in [-0.15, -0.1) is 0 Å². The first-order valence-corrected chi connectivity index (χ1v) is 8.00. The number of hydrogen-bond acceptors (Lipinski definition) is 4. The molecule has 0 radical (unpaired) electrons. The van der Waals surface area contributed by atoms with Crippen molar-refractivity contribution in [2.24, 2.45) is 0 Å². The van der Waals surface area contributed by atoms with Crippen LogP contribution in [-0.4, -0.2) is 24.1 Å². The van der Waals surface area contributed by atoms with E-state index >= 15 is 0 Å². The van der Waals surface area contributed by atoms with Gasteiger partial charge in [0.1, 0.15) is 23.9 Å². The number of aliphatic carboxylic acids is 1. The van der Waals surface area contributed by atoms with E-state index in [1.165, 1.54) is 19.2 Å². The molecule has 2 rings (SSSR count). The number of rotatable bonds is 9. The number of carbonyl (C=O) groups excluding carboxylic acids is 1. The van der Waals surface area contributed by atoms with Gasteiger partial charge in [-0.3, -0.25) is 9.59 Å². The van der Waals surface area contributed by atoms with Gasteiger partial charge in [-0.1, -0.05) is 12.1 Å². The van der Waals surface area contributed by atoms with Crippen molar-refractivity contribution in [3.05, 3.63) is 59.4 Å². The number of nitrogens with one attached hydrogen (secondary N) is 1. The summed E-state index contributed by atoms with van der Waals surface area (Å²) in [6, 6.07) is 11.2. The van der Waals surface area contributed by atoms with E-state index in [4.69, 9.17) is 14.6 Å². The maximum Gasteiger partial charge on any atom is 0.303 e. The molecule has 2 aromatic rings. The molecule has 0 atom stereocenters. The van der Waals surface area contributed by atoms with Gasteiger partial charge >= 0.3 is 5.97 Å². The first-order valence-electron chi connectivity index (χ1n) is 8.00. The van der Waals surface area contributed by atoms with Crippen LogP contribution in [0.1, 0.15) is 24.0 Å². The van der Waals surface area contributed by atoms with Crippen molar-refractivity contribution in [3.8, 4) is 11.5 Å². The van der Waals surface area contributed by atoms with Gasteiger partial charge in [-0.25, -0.2) is 4.39 Å². The normalized spacial score (nSPS) is 10.2. The number of amides is 1. The zero-order valence-electron chi connectivity index (χ0n) is 14.3. The van der Waals surface area contributed by atoms with Crippen molar-refractivity contribution < 1.29 is 28.6 Å². The molecule has 0 unspecified atom stereocenters. The van der Waals surface area contributed by atoms with Gasteiger partial charge in [0, 0.05) is 24.6 Å². The lowest BCUT2D eigenvalue weighted by atomic mass is 10.1. The number of carbonyl (C=O) groups is 2. The summed E-state index contributed by atoms with van der Waals surface area (Å²) < 4.78 is 23.9. The molecule has 1 amide bonds. The average Bonchev–Trinajstić information content (AvgIpc) is 2.64. The maximum absolute atomic E-state index is 13.0. The molecule has 0 bridgehead atoms. The zero-order valence-corrected chi connectivity index (χ0v) is 14.3. The summed E-state index contributed by atoms with van der Waals surface area (Å²) in [6.07, 6.45) is -0.306. The maximum atomic E-state index is 13.0. The van der Waals surface area contributed by atoms with Gasteiger partial charge in [0.25, 0.3) is 0 Å². The largest absolute Gasteiger partial charge is 0.497 e. The van der Waals surface area contributed by atoms with E-state index in [1.54, 1.807) is 30.3 Å². The topological polar surface area (TPSA) is 84.9 Å². The van der Waals surface area contributed by atoms with Crippen LogP contribution in [0.15, 0.2) is 42.5 Å². The lowest BCUT2D eigenvalue weighted by Gasteiger charge is -2.14. The highest BCUT2D eigenvalue weighted by molar-refractivity contribution is 5.80. The van der Waals surface area contributed by atoms with E-state index in [0.717, 1.165) is 11.1 Å². The first kappa shape index (κ1) is 19.2. The van der Waals surface area contributed by atoms with E-state index in [-0.39, 0.29) is 37.7 Å². The van der Waals surface area contributed by atoms with Crippen molar-refractivity contribution in [3.63, 3.8) is 0 Å². The van der Waals surface area contributed by atoms with Crippen LogP contribution in [-0.2, 0) is 22.7 Å². The molecule has 0 spiro atoms. The summed E-state index contributed by atoms with van der Waals surface area (Å²) in [5, 5.41) is 11.3. The minimum atomic E-state index is -1.02. The van der Waals surface area contributed by atoms with Gasteiger partial charge in [0.05, 0.1) is 13.5 Å². The molecule has 0 aliphatic carbocycles. The number of methoxy groups -OCH3 is 1. The Morgan fingerprint density at radius 2 is 1.85 bits per heavy atom. The fourth-order valence-electron chi connectivity index (χ4n) is 2.19. The van der Waals surface area contributed by atoms with Crippen molar-refractivity contribution in [1.29, 1.82) is 0 Å². The second-order valence-electron chi connectivity index (χ2n) is 5.56. The Bertz CT molecular complexity index is 761. The standard InChI is InChI=1S/C19H20FNO5/c1-25-16-7-4-14(11-21-18(22)8-9-19(23)24)17(10-16)26-12-13-2-5-15(20)6-3-13/h2-7,10H,8-9,11-12H2,1H3,(H,21,22)(H,23,24). The number of hydrogen-bond donors (Lipinski definition) is 2. The summed E-state index contributed by atoms with van der Waals surface area (Å²) in [7, 11) is 1.53. The molecule has 0 aromatic heterocycles. The number of benzene rings is 2. The molecule has 0 heterocycles. The Labute approximate surface area is 150 Å². The molecule has 2 N–H and O–H groups in total. The molecular formula is C19H20FNO5. The summed E-state index contributed by atoms with van der Waals surface area (Å²) in [5.41, 5.74) is 1.52. The SMILES string of the molecule is COc1ccc(CNC(=O)CCC(=O)O)c(OCc2ccc(F)cc2)c1. The zero-order chi connectivity index (χ0) is 18.9. The number of carboxylic acids is 1. The van der Waals surface area contributed by atoms with E-state index in [9.17, 15) is 14.0 Å². The molecule has 0 saturated heterocycles. The minimum Gasteiger partial charge on any atom is -0.497 e. The van der Waals surface area contributed by atoms with Crippen LogP contribution in [0.5, 0.6) is 11.5 Å². The Hall–Kier alpha value is -3.09. The van der Waals surface area contributed by atoms with Gasteiger partial charge in [0.15, 0.2) is 0 Å². The second-order valence-corrected chi connectivity index (χ2v) is 5.56. The van der Waals surface area contributed by atoms with Crippen molar-refractivity contribution in [1.82, 2.24) is 5.32 Å². The minimum absolute atomic E-state index is 0.0861. The lowest BCUT2D eigenvalue weighted by molar-refractivity contribution is -0.138. The molecule has 2 aromatic carbocycles. The lowest BCUT2D eigenvalue weighted by Crippen LogP contribution is -2.23. The monoisotopic (exact) mass is 361 g/mol. The Morgan fingerprint density at radius 1 is 1.12 bits per heavy atom. The molecule has 7 heteroatoms. The molecule has 6 nitrogen and oxygen atoms in total. The van der Waals surface area contributed by atoms with Crippen LogP contribution in [0.4, 0.5) is 4.39 Å². The quantitative estimate of drug-likeness (QED) is 0.717. The fourth-order valence-corrected chi connectivity index (χ4v) is 2.19. The number of halogens is 1. The molecular weight excluding hydrogens is 341 g/mol. The first-order chi connectivity index (χ1) is 12.5. The smallest absolute Gasteiger partial charge is 0.303 e. The van der Waals surface area contributed by atoms with Crippen LogP contribution in [0.3, 0.4) is 0 Å². The average molecular weight is 361 g/mol. The van der Waals surface area contributed by atoms with Gasteiger partial charge in [-0.05, 0) is 29.8 Å². The van der Waals surface area contributed by atoms with Crippen LogP contribution in [0.25, 0.3) is 0 Å². The van der Waals surface area contributed by atoms with Crippen LogP contribution in [0, 0.1) is 5.82 Å². The summed E-state index contributed by atoms with van der Waals surface area (Å²) in [4.78, 5) is 22.2. The van der Waals surface area contributed by atoms with Crippen LogP contribution >= 0.6 is 0 Å². The van der Waals surface area contributed by atoms with E-state index in [1.807, 2.05) is 0 Å². The Morgan fingerprint density at radius 3 is 2.50 bits per heavy atom. The van der Waals surface area contributed by atoms with Crippen molar-refractivity contribution in [2.45, 2.75) is 26.0 Å². The molecule has 0 aliphatic heterocycles. The number of carboxylic acid groups (broad SMARTS) is 1. The van der Waals surface area contributed by atoms with Crippen LogP contribution in [0.2, 0.25) is 0 Å². The van der Waals surface area contributed by atoms with E-state index < -0.39 is 5.97 Å². The van der Waals surface area contributed by atoms with Gasteiger partial charge in [-0.2, -0.15) is 0 Å². The van der Waals surface area contributed by atoms with E-state index in [0.29, 0.717) is 11.5 Å². The van der Waals surface area contributed by atoms with Gasteiger partial charge in [0.2, 0.25) is 5.91 Å². The third-order valence-electron chi connectivity index (χ3n) is 3.62. The number of ether oxygens (including phenoxy) is 2. The fraction of sp³-hybridized carbons (Fsp3) is 0.263. The summed E-state index contributed by atoms with van der Waals surface area (Å²) in [6.45, 7) is 0.425. The second kappa shape index (κ2) is 9.41. The third-order valence-corrected chi connectivity index (χ3v) is 3.62. The highest BCUT2D eigenvalue weighted by Crippen LogP contribution is 2.26. The van der Waals surface area contributed by atoms with E-state index in [2.05, 4.69) is 5.32 Å². The molecule has 26 heavy (non-hydrogen) atoms. The predicted molar refractivity (Wildman–Crippen MR) is 92.4 cm³/mol. The highest BCUT2D eigenvalue weighted by Gasteiger charge is 2.10. The Kier molecular flexibility index (Phi) is 6.96. The summed E-state index contributed by atoms with van der Waals surface area (Å²) in [5.74, 6) is -0.576. The molecule has 0 fully saturated rings. The molecule has 0 aliphatic rings. The Balaban J connectivity index is 2.02.